The molecule has 0 amide bonds. The summed E-state index contributed by atoms with van der Waals surface area (Å²) in [6.45, 7) is 9.60. The van der Waals surface area contributed by atoms with Crippen LogP contribution in [0.2, 0.25) is 0 Å². The Hall–Kier alpha value is -0.820. The van der Waals surface area contributed by atoms with Gasteiger partial charge in [0, 0.05) is 6.04 Å². The van der Waals surface area contributed by atoms with Gasteiger partial charge in [0.05, 0.1) is 0 Å². The molecule has 0 aliphatic rings. The molecule has 0 rings (SSSR count). The van der Waals surface area contributed by atoms with Crippen molar-refractivity contribution < 1.29 is 0 Å². The number of hydrogen-bond donors (Lipinski definition) is 1. The van der Waals surface area contributed by atoms with Crippen LogP contribution in [0, 0.1) is 0 Å². The Kier molecular flexibility index (Phi) is 6.39. The molecule has 0 radical (unpaired) electrons. The van der Waals surface area contributed by atoms with Gasteiger partial charge >= 0.3 is 0 Å². The number of rotatable bonds is 6. The molecule has 0 fully saturated rings. The van der Waals surface area contributed by atoms with E-state index in [1.54, 1.807) is 6.08 Å². The standard InChI is InChI=1S/C11H19N/c1-5-8-10(6-2)9-11(7-3)12-4/h5-6,8,11-12H,1-2,7,9H2,3-4H3/b10-8+/t11-/m1/s1. The van der Waals surface area contributed by atoms with Crippen LogP contribution in [0.4, 0.5) is 0 Å². The summed E-state index contributed by atoms with van der Waals surface area (Å²) in [7, 11) is 1.99. The van der Waals surface area contributed by atoms with E-state index >= 15 is 0 Å². The largest absolute Gasteiger partial charge is 0.317 e. The molecule has 0 unspecified atom stereocenters. The van der Waals surface area contributed by atoms with E-state index in [2.05, 4.69) is 25.4 Å². The van der Waals surface area contributed by atoms with E-state index in [9.17, 15) is 0 Å². The molecule has 1 nitrogen and oxygen atoms in total. The third-order valence-corrected chi connectivity index (χ3v) is 1.98. The highest BCUT2D eigenvalue weighted by Crippen LogP contribution is 2.08. The first-order valence-corrected chi connectivity index (χ1v) is 4.39. The molecule has 1 heteroatoms. The Morgan fingerprint density at radius 1 is 1.50 bits per heavy atom. The predicted octanol–water partition coefficient (Wildman–Crippen LogP) is 2.67. The van der Waals surface area contributed by atoms with Crippen LogP contribution in [0.1, 0.15) is 19.8 Å². The first-order chi connectivity index (χ1) is 5.78. The van der Waals surface area contributed by atoms with Gasteiger partial charge in [0.25, 0.3) is 0 Å². The van der Waals surface area contributed by atoms with Crippen LogP contribution >= 0.6 is 0 Å². The maximum absolute atomic E-state index is 3.76. The van der Waals surface area contributed by atoms with Gasteiger partial charge in [0.15, 0.2) is 0 Å². The molecular weight excluding hydrogens is 146 g/mol. The Morgan fingerprint density at radius 2 is 2.17 bits per heavy atom. The lowest BCUT2D eigenvalue weighted by atomic mass is 10.0. The van der Waals surface area contributed by atoms with E-state index in [0.717, 1.165) is 12.8 Å². The van der Waals surface area contributed by atoms with E-state index < -0.39 is 0 Å². The molecule has 12 heavy (non-hydrogen) atoms. The molecule has 1 N–H and O–H groups in total. The molecule has 0 aromatic rings. The van der Waals surface area contributed by atoms with E-state index in [1.165, 1.54) is 5.57 Å². The van der Waals surface area contributed by atoms with Gasteiger partial charge in [-0.3, -0.25) is 0 Å². The molecule has 0 saturated carbocycles. The highest BCUT2D eigenvalue weighted by molar-refractivity contribution is 5.21. The third-order valence-electron chi connectivity index (χ3n) is 1.98. The van der Waals surface area contributed by atoms with Gasteiger partial charge in [-0.1, -0.05) is 38.3 Å². The maximum atomic E-state index is 3.76. The summed E-state index contributed by atoms with van der Waals surface area (Å²) < 4.78 is 0. The predicted molar refractivity (Wildman–Crippen MR) is 56.2 cm³/mol. The van der Waals surface area contributed by atoms with Gasteiger partial charge < -0.3 is 5.32 Å². The van der Waals surface area contributed by atoms with Crippen molar-refractivity contribution in [2.45, 2.75) is 25.8 Å². The van der Waals surface area contributed by atoms with E-state index in [0.29, 0.717) is 6.04 Å². The first-order valence-electron chi connectivity index (χ1n) is 4.39. The van der Waals surface area contributed by atoms with Gasteiger partial charge in [-0.2, -0.15) is 0 Å². The van der Waals surface area contributed by atoms with Gasteiger partial charge in [-0.15, -0.1) is 0 Å². The van der Waals surface area contributed by atoms with Crippen molar-refractivity contribution in [2.75, 3.05) is 7.05 Å². The van der Waals surface area contributed by atoms with E-state index in [-0.39, 0.29) is 0 Å². The van der Waals surface area contributed by atoms with Crippen molar-refractivity contribution in [3.05, 3.63) is 37.0 Å². The number of allylic oxidation sites excluding steroid dienone is 3. The average Bonchev–Trinajstić information content (AvgIpc) is 2.12. The molecular formula is C11H19N. The molecule has 1 atom stereocenters. The Bertz CT molecular complexity index is 164. The SMILES string of the molecule is C=C/C=C(\C=C)C[C@@H](CC)NC. The minimum atomic E-state index is 0.550. The van der Waals surface area contributed by atoms with Crippen LogP contribution in [0.3, 0.4) is 0 Å². The minimum absolute atomic E-state index is 0.550. The van der Waals surface area contributed by atoms with Crippen molar-refractivity contribution in [3.8, 4) is 0 Å². The summed E-state index contributed by atoms with van der Waals surface area (Å²) in [6.07, 6.45) is 7.87. The van der Waals surface area contributed by atoms with Crippen molar-refractivity contribution in [3.63, 3.8) is 0 Å². The van der Waals surface area contributed by atoms with Crippen LogP contribution in [0.25, 0.3) is 0 Å². The smallest absolute Gasteiger partial charge is 0.0102 e. The van der Waals surface area contributed by atoms with Crippen LogP contribution in [0.15, 0.2) is 37.0 Å². The van der Waals surface area contributed by atoms with Gasteiger partial charge in [-0.05, 0) is 25.5 Å². The zero-order valence-corrected chi connectivity index (χ0v) is 8.14. The number of nitrogens with one attached hydrogen (secondary N) is 1. The van der Waals surface area contributed by atoms with Crippen molar-refractivity contribution >= 4 is 0 Å². The second-order valence-electron chi connectivity index (χ2n) is 2.78. The van der Waals surface area contributed by atoms with Crippen LogP contribution in [-0.4, -0.2) is 13.1 Å². The lowest BCUT2D eigenvalue weighted by Gasteiger charge is -2.13. The highest BCUT2D eigenvalue weighted by atomic mass is 14.9. The van der Waals surface area contributed by atoms with Crippen LogP contribution in [0.5, 0.6) is 0 Å². The van der Waals surface area contributed by atoms with Crippen molar-refractivity contribution in [2.24, 2.45) is 0 Å². The maximum Gasteiger partial charge on any atom is 0.0102 e. The summed E-state index contributed by atoms with van der Waals surface area (Å²) in [6, 6.07) is 0.550. The molecule has 0 aliphatic carbocycles. The minimum Gasteiger partial charge on any atom is -0.317 e. The second-order valence-corrected chi connectivity index (χ2v) is 2.78. The second kappa shape index (κ2) is 6.86. The van der Waals surface area contributed by atoms with Crippen molar-refractivity contribution in [1.82, 2.24) is 5.32 Å². The summed E-state index contributed by atoms with van der Waals surface area (Å²) in [4.78, 5) is 0. The Balaban J connectivity index is 4.08. The zero-order valence-electron chi connectivity index (χ0n) is 8.14. The Morgan fingerprint density at radius 3 is 2.50 bits per heavy atom. The molecule has 0 bridgehead atoms. The van der Waals surface area contributed by atoms with Gasteiger partial charge in [0.1, 0.15) is 0 Å². The molecule has 0 saturated heterocycles. The number of hydrogen-bond acceptors (Lipinski definition) is 1. The molecule has 0 aromatic carbocycles. The quantitative estimate of drug-likeness (QED) is 0.597. The fourth-order valence-corrected chi connectivity index (χ4v) is 1.11. The normalized spacial score (nSPS) is 14.0. The average molecular weight is 165 g/mol. The first kappa shape index (κ1) is 11.2. The molecule has 0 aliphatic heterocycles. The lowest BCUT2D eigenvalue weighted by Crippen LogP contribution is -2.24. The van der Waals surface area contributed by atoms with E-state index in [1.807, 2.05) is 19.2 Å². The molecule has 0 heterocycles. The van der Waals surface area contributed by atoms with E-state index in [4.69, 9.17) is 0 Å². The monoisotopic (exact) mass is 165 g/mol. The lowest BCUT2D eigenvalue weighted by molar-refractivity contribution is 0.545. The zero-order chi connectivity index (χ0) is 9.40. The van der Waals surface area contributed by atoms with Crippen LogP contribution in [-0.2, 0) is 0 Å². The molecule has 68 valence electrons. The summed E-state index contributed by atoms with van der Waals surface area (Å²) >= 11 is 0. The fraction of sp³-hybridized carbons (Fsp3) is 0.455. The topological polar surface area (TPSA) is 12.0 Å². The van der Waals surface area contributed by atoms with Crippen molar-refractivity contribution in [1.29, 1.82) is 0 Å². The molecule has 0 aromatic heterocycles. The Labute approximate surface area is 75.9 Å². The summed E-state index contributed by atoms with van der Waals surface area (Å²) in [5.41, 5.74) is 1.24. The highest BCUT2D eigenvalue weighted by Gasteiger charge is 2.02. The van der Waals surface area contributed by atoms with Gasteiger partial charge in [0.2, 0.25) is 0 Å². The summed E-state index contributed by atoms with van der Waals surface area (Å²) in [5, 5.41) is 3.25. The third kappa shape index (κ3) is 4.14. The molecule has 0 spiro atoms. The fourth-order valence-electron chi connectivity index (χ4n) is 1.11. The van der Waals surface area contributed by atoms with Crippen LogP contribution < -0.4 is 5.32 Å². The van der Waals surface area contributed by atoms with Gasteiger partial charge in [-0.25, -0.2) is 0 Å². The summed E-state index contributed by atoms with van der Waals surface area (Å²) in [5.74, 6) is 0.